The molecule has 1 aromatic rings. The number of aromatic hydroxyl groups is 2. The molecule has 0 saturated carbocycles. The summed E-state index contributed by atoms with van der Waals surface area (Å²) in [6.45, 7) is 0. The lowest BCUT2D eigenvalue weighted by atomic mass is 9.99. The molecule has 3 rings (SSSR count). The quantitative estimate of drug-likeness (QED) is 0.469. The Kier molecular flexibility index (Phi) is 3.95. The SMILES string of the molecule is N[C@@H]1C(=O)N2C(C(=O)O)=C(CCc3cc(O)ccc3O)CS[C@@H]12. The molecular weight excluding hydrogens is 320 g/mol. The highest BCUT2D eigenvalue weighted by atomic mass is 32.2. The number of carbonyl (C=O) groups is 2. The number of rotatable bonds is 4. The Labute approximate surface area is 136 Å². The maximum atomic E-state index is 11.8. The van der Waals surface area contributed by atoms with Crippen LogP contribution in [0.5, 0.6) is 11.5 Å². The number of nitrogens with zero attached hydrogens (tertiary/aromatic N) is 1. The number of thioether (sulfide) groups is 1. The minimum Gasteiger partial charge on any atom is -0.508 e. The van der Waals surface area contributed by atoms with Crippen LogP contribution in [0.1, 0.15) is 12.0 Å². The number of nitrogens with two attached hydrogens (primary N) is 1. The van der Waals surface area contributed by atoms with Gasteiger partial charge >= 0.3 is 5.97 Å². The van der Waals surface area contributed by atoms with Crippen LogP contribution in [0, 0.1) is 0 Å². The second kappa shape index (κ2) is 5.78. The number of carbonyl (C=O) groups excluding carboxylic acids is 1. The van der Waals surface area contributed by atoms with Gasteiger partial charge in [-0.3, -0.25) is 9.69 Å². The smallest absolute Gasteiger partial charge is 0.352 e. The van der Waals surface area contributed by atoms with Crippen molar-refractivity contribution in [3.05, 3.63) is 35.0 Å². The van der Waals surface area contributed by atoms with Crippen LogP contribution in [-0.4, -0.2) is 49.3 Å². The van der Waals surface area contributed by atoms with Crippen molar-refractivity contribution in [1.82, 2.24) is 4.90 Å². The van der Waals surface area contributed by atoms with Crippen molar-refractivity contribution >= 4 is 23.6 Å². The van der Waals surface area contributed by atoms with Crippen molar-refractivity contribution in [1.29, 1.82) is 0 Å². The van der Waals surface area contributed by atoms with Crippen molar-refractivity contribution in [2.45, 2.75) is 24.3 Å². The Morgan fingerprint density at radius 1 is 1.35 bits per heavy atom. The predicted molar refractivity (Wildman–Crippen MR) is 83.8 cm³/mol. The fraction of sp³-hybridized carbons (Fsp3) is 0.333. The average Bonchev–Trinajstić information content (AvgIpc) is 2.53. The first-order valence-corrected chi connectivity index (χ1v) is 8.11. The number of phenols is 2. The van der Waals surface area contributed by atoms with E-state index in [2.05, 4.69) is 0 Å². The normalized spacial score (nSPS) is 23.5. The lowest BCUT2D eigenvalue weighted by Gasteiger charge is -2.48. The van der Waals surface area contributed by atoms with Crippen LogP contribution in [0.15, 0.2) is 29.5 Å². The molecule has 5 N–H and O–H groups in total. The van der Waals surface area contributed by atoms with Crippen molar-refractivity contribution in [2.75, 3.05) is 5.75 Å². The van der Waals surface area contributed by atoms with Crippen molar-refractivity contribution in [3.8, 4) is 11.5 Å². The molecule has 2 aliphatic rings. The Bertz CT molecular complexity index is 718. The summed E-state index contributed by atoms with van der Waals surface area (Å²) in [6, 6.07) is 3.56. The van der Waals surface area contributed by atoms with Crippen molar-refractivity contribution in [3.63, 3.8) is 0 Å². The Morgan fingerprint density at radius 3 is 2.78 bits per heavy atom. The summed E-state index contributed by atoms with van der Waals surface area (Å²) >= 11 is 1.44. The number of hydrogen-bond donors (Lipinski definition) is 4. The summed E-state index contributed by atoms with van der Waals surface area (Å²) in [7, 11) is 0. The third-order valence-electron chi connectivity index (χ3n) is 4.05. The molecule has 0 aliphatic carbocycles. The van der Waals surface area contributed by atoms with Gasteiger partial charge in [0.1, 0.15) is 28.6 Å². The molecule has 0 aromatic heterocycles. The van der Waals surface area contributed by atoms with E-state index in [1.165, 1.54) is 34.9 Å². The molecule has 0 spiro atoms. The predicted octanol–water partition coefficient (Wildman–Crippen LogP) is 0.611. The Hall–Kier alpha value is -2.19. The molecule has 1 fully saturated rings. The number of phenolic OH excluding ortho intramolecular Hbond substituents is 2. The summed E-state index contributed by atoms with van der Waals surface area (Å²) in [5, 5.41) is 28.4. The lowest BCUT2D eigenvalue weighted by molar-refractivity contribution is -0.148. The highest BCUT2D eigenvalue weighted by Crippen LogP contribution is 2.40. The summed E-state index contributed by atoms with van der Waals surface area (Å²) in [5.74, 6) is -0.970. The number of β-lactam (4-membered cyclic amide) rings is 1. The van der Waals surface area contributed by atoms with Gasteiger partial charge in [0.15, 0.2) is 0 Å². The van der Waals surface area contributed by atoms with E-state index in [0.717, 1.165) is 0 Å². The van der Waals surface area contributed by atoms with Crippen LogP contribution in [0.25, 0.3) is 0 Å². The molecule has 2 heterocycles. The van der Waals surface area contributed by atoms with Gasteiger partial charge in [-0.25, -0.2) is 4.79 Å². The zero-order chi connectivity index (χ0) is 16.7. The molecule has 0 radical (unpaired) electrons. The Morgan fingerprint density at radius 2 is 2.09 bits per heavy atom. The number of fused-ring (bicyclic) bond motifs is 1. The fourth-order valence-electron chi connectivity index (χ4n) is 2.83. The van der Waals surface area contributed by atoms with E-state index in [4.69, 9.17) is 5.73 Å². The molecule has 0 unspecified atom stereocenters. The molecule has 23 heavy (non-hydrogen) atoms. The summed E-state index contributed by atoms with van der Waals surface area (Å²) < 4.78 is 0. The van der Waals surface area contributed by atoms with Gasteiger partial charge in [0, 0.05) is 5.75 Å². The van der Waals surface area contributed by atoms with E-state index in [1.807, 2.05) is 0 Å². The van der Waals surface area contributed by atoms with E-state index >= 15 is 0 Å². The Balaban J connectivity index is 1.84. The molecule has 1 saturated heterocycles. The van der Waals surface area contributed by atoms with Crippen LogP contribution in [0.2, 0.25) is 0 Å². The van der Waals surface area contributed by atoms with Crippen LogP contribution in [0.4, 0.5) is 0 Å². The van der Waals surface area contributed by atoms with Crippen LogP contribution in [0.3, 0.4) is 0 Å². The van der Waals surface area contributed by atoms with Gasteiger partial charge in [0.2, 0.25) is 5.91 Å². The number of aliphatic carboxylic acids is 1. The number of carboxylic acid groups (broad SMARTS) is 1. The molecule has 8 heteroatoms. The second-order valence-electron chi connectivity index (χ2n) is 5.51. The van der Waals surface area contributed by atoms with Crippen LogP contribution >= 0.6 is 11.8 Å². The van der Waals surface area contributed by atoms with Gasteiger partial charge in [-0.15, -0.1) is 11.8 Å². The van der Waals surface area contributed by atoms with Gasteiger partial charge in [-0.05, 0) is 42.2 Å². The highest BCUT2D eigenvalue weighted by Gasteiger charge is 2.51. The number of aryl methyl sites for hydroxylation is 1. The zero-order valence-corrected chi connectivity index (χ0v) is 12.9. The molecule has 122 valence electrons. The van der Waals surface area contributed by atoms with Gasteiger partial charge in [0.05, 0.1) is 0 Å². The molecule has 7 nitrogen and oxygen atoms in total. The summed E-state index contributed by atoms with van der Waals surface area (Å²) in [5.41, 5.74) is 6.85. The van der Waals surface area contributed by atoms with Gasteiger partial charge in [0.25, 0.3) is 0 Å². The maximum absolute atomic E-state index is 11.8. The molecule has 1 amide bonds. The zero-order valence-electron chi connectivity index (χ0n) is 12.1. The van der Waals surface area contributed by atoms with Crippen LogP contribution in [-0.2, 0) is 16.0 Å². The monoisotopic (exact) mass is 336 g/mol. The first-order chi connectivity index (χ1) is 10.9. The highest BCUT2D eigenvalue weighted by molar-refractivity contribution is 8.00. The van der Waals surface area contributed by atoms with Crippen LogP contribution < -0.4 is 5.73 Å². The minimum atomic E-state index is -1.15. The fourth-order valence-corrected chi connectivity index (χ4v) is 4.16. The molecule has 2 aliphatic heterocycles. The van der Waals surface area contributed by atoms with E-state index in [0.29, 0.717) is 29.7 Å². The van der Waals surface area contributed by atoms with E-state index in [-0.39, 0.29) is 28.5 Å². The van der Waals surface area contributed by atoms with E-state index < -0.39 is 12.0 Å². The first-order valence-electron chi connectivity index (χ1n) is 7.06. The average molecular weight is 336 g/mol. The topological polar surface area (TPSA) is 124 Å². The van der Waals surface area contributed by atoms with Gasteiger partial charge in [-0.1, -0.05) is 0 Å². The minimum absolute atomic E-state index is 0.0000860. The number of carboxylic acids is 1. The van der Waals surface area contributed by atoms with Crippen molar-refractivity contribution in [2.24, 2.45) is 5.73 Å². The van der Waals surface area contributed by atoms with Gasteiger partial charge < -0.3 is 21.1 Å². The summed E-state index contributed by atoms with van der Waals surface area (Å²) in [6.07, 6.45) is 0.739. The maximum Gasteiger partial charge on any atom is 0.352 e. The standard InChI is InChI=1S/C15H16N2O5S/c16-11-13(20)17-12(15(21)22)8(6-23-14(11)17)2-1-7-5-9(18)3-4-10(7)19/h3-5,11,14,18-19H,1-2,6,16H2,(H,21,22)/t11-,14+/m1/s1. The number of hydrogen-bond acceptors (Lipinski definition) is 6. The third kappa shape index (κ3) is 2.64. The summed E-state index contributed by atoms with van der Waals surface area (Å²) in [4.78, 5) is 24.6. The molecular formula is C15H16N2O5S. The lowest BCUT2D eigenvalue weighted by Crippen LogP contribution is -2.68. The molecule has 2 atom stereocenters. The van der Waals surface area contributed by atoms with Gasteiger partial charge in [-0.2, -0.15) is 0 Å². The second-order valence-corrected chi connectivity index (χ2v) is 6.61. The number of amides is 1. The molecule has 1 aromatic carbocycles. The van der Waals surface area contributed by atoms with Crippen molar-refractivity contribution < 1.29 is 24.9 Å². The third-order valence-corrected chi connectivity index (χ3v) is 5.41. The first kappa shape index (κ1) is 15.7. The van der Waals surface area contributed by atoms with E-state index in [9.17, 15) is 24.9 Å². The largest absolute Gasteiger partial charge is 0.508 e. The number of benzene rings is 1. The molecule has 0 bridgehead atoms. The van der Waals surface area contributed by atoms with E-state index in [1.54, 1.807) is 0 Å².